The number of β-amino-alcohol motifs (C(OH)–C–C–N with tert-alkyl or cyclic N) is 1. The Morgan fingerprint density at radius 2 is 1.83 bits per heavy atom. The number of anilines is 2. The zero-order valence-corrected chi connectivity index (χ0v) is 20.6. The quantitative estimate of drug-likeness (QED) is 0.498. The van der Waals surface area contributed by atoms with Crippen molar-refractivity contribution in [3.63, 3.8) is 0 Å². The van der Waals surface area contributed by atoms with Gasteiger partial charge in [0.25, 0.3) is 5.91 Å². The van der Waals surface area contributed by atoms with Crippen LogP contribution >= 0.6 is 0 Å². The van der Waals surface area contributed by atoms with Crippen LogP contribution in [0.2, 0.25) is 0 Å². The summed E-state index contributed by atoms with van der Waals surface area (Å²) in [6.45, 7) is 7.76. The fourth-order valence-electron chi connectivity index (χ4n) is 4.30. The molecule has 0 saturated carbocycles. The lowest BCUT2D eigenvalue weighted by Gasteiger charge is -2.35. The maximum Gasteiger partial charge on any atom is 0.254 e. The molecule has 0 aliphatic carbocycles. The van der Waals surface area contributed by atoms with Gasteiger partial charge in [0, 0.05) is 37.1 Å². The highest BCUT2D eigenvalue weighted by Gasteiger charge is 2.29. The van der Waals surface area contributed by atoms with Crippen molar-refractivity contribution >= 4 is 28.6 Å². The average molecular weight is 478 g/mol. The van der Waals surface area contributed by atoms with Gasteiger partial charge in [0.1, 0.15) is 18.2 Å². The van der Waals surface area contributed by atoms with Gasteiger partial charge in [-0.2, -0.15) is 4.98 Å². The number of nitrogens with zero attached hydrogens (tertiary/aromatic N) is 4. The summed E-state index contributed by atoms with van der Waals surface area (Å²) in [5, 5.41) is 13.8. The second-order valence-electron chi connectivity index (χ2n) is 8.60. The number of likely N-dealkylation sites (tertiary alicyclic amines) is 1. The van der Waals surface area contributed by atoms with E-state index in [9.17, 15) is 9.90 Å². The number of carbonyl (C=O) groups excluding carboxylic acids is 1. The summed E-state index contributed by atoms with van der Waals surface area (Å²) in [5.74, 6) is 2.15. The van der Waals surface area contributed by atoms with Gasteiger partial charge in [-0.15, -0.1) is 0 Å². The summed E-state index contributed by atoms with van der Waals surface area (Å²) in [6, 6.07) is 15.2. The number of hydrogen-bond acceptors (Lipinski definition) is 7. The number of benzene rings is 2. The second-order valence-corrected chi connectivity index (χ2v) is 8.60. The van der Waals surface area contributed by atoms with Gasteiger partial charge in [-0.25, -0.2) is 4.98 Å². The van der Waals surface area contributed by atoms with E-state index in [1.807, 2.05) is 50.2 Å². The van der Waals surface area contributed by atoms with E-state index in [1.54, 1.807) is 17.0 Å². The summed E-state index contributed by atoms with van der Waals surface area (Å²) >= 11 is 0. The molecular weight excluding hydrogens is 442 g/mol. The number of piperidine rings is 1. The summed E-state index contributed by atoms with van der Waals surface area (Å²) in [6.07, 6.45) is 3.20. The van der Waals surface area contributed by atoms with Gasteiger partial charge in [0.05, 0.1) is 18.2 Å². The first-order valence-corrected chi connectivity index (χ1v) is 12.6. The van der Waals surface area contributed by atoms with E-state index in [4.69, 9.17) is 14.7 Å². The largest absolute Gasteiger partial charge is 0.492 e. The van der Waals surface area contributed by atoms with Gasteiger partial charge in [-0.05, 0) is 49.6 Å². The minimum Gasteiger partial charge on any atom is -0.492 e. The van der Waals surface area contributed by atoms with Gasteiger partial charge in [-0.1, -0.05) is 32.0 Å². The van der Waals surface area contributed by atoms with Gasteiger partial charge in [0.15, 0.2) is 0 Å². The number of aliphatic hydroxyl groups is 1. The highest BCUT2D eigenvalue weighted by molar-refractivity contribution is 5.95. The average Bonchev–Trinajstić information content (AvgIpc) is 2.90. The summed E-state index contributed by atoms with van der Waals surface area (Å²) in [5.41, 5.74) is 1.50. The maximum atomic E-state index is 12.5. The monoisotopic (exact) mass is 477 g/mol. The van der Waals surface area contributed by atoms with Crippen molar-refractivity contribution in [1.82, 2.24) is 14.9 Å². The van der Waals surface area contributed by atoms with Crippen molar-refractivity contribution < 1.29 is 14.6 Å². The molecule has 5 rings (SSSR count). The first-order chi connectivity index (χ1) is 17.2. The third-order valence-corrected chi connectivity index (χ3v) is 6.12. The molecule has 3 aromatic rings. The highest BCUT2D eigenvalue weighted by atomic mass is 16.5. The predicted octanol–water partition coefficient (Wildman–Crippen LogP) is 3.95. The van der Waals surface area contributed by atoms with Crippen molar-refractivity contribution in [2.75, 3.05) is 49.5 Å². The molecule has 2 aromatic carbocycles. The summed E-state index contributed by atoms with van der Waals surface area (Å²) in [4.78, 5) is 26.0. The number of para-hydroxylation sites is 1. The molecule has 1 aromatic heterocycles. The van der Waals surface area contributed by atoms with Crippen LogP contribution < -0.4 is 15.0 Å². The topological polar surface area (TPSA) is 90.8 Å². The molecule has 0 radical (unpaired) electrons. The molecule has 0 atom stereocenters. The molecule has 2 saturated heterocycles. The molecule has 2 aliphatic heterocycles. The molecule has 1 amide bonds. The van der Waals surface area contributed by atoms with E-state index < -0.39 is 6.10 Å². The van der Waals surface area contributed by atoms with Crippen LogP contribution in [-0.2, 0) is 0 Å². The van der Waals surface area contributed by atoms with Crippen molar-refractivity contribution in [3.8, 4) is 5.75 Å². The van der Waals surface area contributed by atoms with Crippen LogP contribution in [0.4, 0.5) is 11.8 Å². The van der Waals surface area contributed by atoms with Crippen molar-refractivity contribution in [3.05, 3.63) is 54.1 Å². The van der Waals surface area contributed by atoms with Crippen molar-refractivity contribution in [2.24, 2.45) is 0 Å². The molecule has 2 aliphatic rings. The lowest BCUT2D eigenvalue weighted by atomic mass is 10.1. The molecule has 3 heterocycles. The first kappa shape index (κ1) is 24.7. The number of rotatable bonds is 7. The van der Waals surface area contributed by atoms with E-state index in [-0.39, 0.29) is 5.91 Å². The third kappa shape index (κ3) is 6.00. The van der Waals surface area contributed by atoms with E-state index in [1.165, 1.54) is 19.3 Å². The lowest BCUT2D eigenvalue weighted by Crippen LogP contribution is -2.53. The zero-order chi connectivity index (χ0) is 24.6. The molecular formula is C27H35N5O3. The molecule has 35 heavy (non-hydrogen) atoms. The smallest absolute Gasteiger partial charge is 0.254 e. The Bertz CT molecular complexity index is 1130. The SMILES string of the molecule is CC.O=C(c1cccc(OCCNc2nc(N3CCCCC3)nc3ccccc23)c1)N1CC(O)C1. The van der Waals surface area contributed by atoms with Crippen LogP contribution in [0.5, 0.6) is 5.75 Å². The molecule has 8 heteroatoms. The van der Waals surface area contributed by atoms with Crippen LogP contribution in [0.15, 0.2) is 48.5 Å². The Kier molecular flexibility index (Phi) is 8.36. The van der Waals surface area contributed by atoms with Crippen LogP contribution in [0.25, 0.3) is 10.9 Å². The zero-order valence-electron chi connectivity index (χ0n) is 20.6. The normalized spacial score (nSPS) is 15.7. The van der Waals surface area contributed by atoms with Crippen molar-refractivity contribution in [1.29, 1.82) is 0 Å². The van der Waals surface area contributed by atoms with Gasteiger partial charge in [0.2, 0.25) is 5.95 Å². The molecule has 186 valence electrons. The van der Waals surface area contributed by atoms with E-state index >= 15 is 0 Å². The Morgan fingerprint density at radius 3 is 2.60 bits per heavy atom. The minimum absolute atomic E-state index is 0.0819. The van der Waals surface area contributed by atoms with E-state index in [2.05, 4.69) is 10.2 Å². The number of fused-ring (bicyclic) bond motifs is 1. The number of nitrogens with one attached hydrogen (secondary N) is 1. The number of aromatic nitrogens is 2. The van der Waals surface area contributed by atoms with Crippen LogP contribution in [0, 0.1) is 0 Å². The van der Waals surface area contributed by atoms with E-state index in [0.717, 1.165) is 35.8 Å². The Morgan fingerprint density at radius 1 is 1.06 bits per heavy atom. The van der Waals surface area contributed by atoms with E-state index in [0.29, 0.717) is 37.6 Å². The minimum atomic E-state index is -0.409. The predicted molar refractivity (Wildman–Crippen MR) is 139 cm³/mol. The molecule has 0 spiro atoms. The number of hydrogen-bond donors (Lipinski definition) is 2. The van der Waals surface area contributed by atoms with Crippen LogP contribution in [-0.4, -0.2) is 71.3 Å². The fourth-order valence-corrected chi connectivity index (χ4v) is 4.30. The fraction of sp³-hybridized carbons (Fsp3) is 0.444. The Labute approximate surface area is 206 Å². The lowest BCUT2D eigenvalue weighted by molar-refractivity contribution is 0.00587. The molecule has 2 fully saturated rings. The summed E-state index contributed by atoms with van der Waals surface area (Å²) in [7, 11) is 0. The molecule has 8 nitrogen and oxygen atoms in total. The highest BCUT2D eigenvalue weighted by Crippen LogP contribution is 2.25. The van der Waals surface area contributed by atoms with Gasteiger partial charge >= 0.3 is 0 Å². The second kappa shape index (κ2) is 11.8. The Hall–Kier alpha value is -3.39. The molecule has 2 N–H and O–H groups in total. The number of amides is 1. The molecule has 0 bridgehead atoms. The number of carbonyl (C=O) groups is 1. The van der Waals surface area contributed by atoms with Crippen LogP contribution in [0.3, 0.4) is 0 Å². The Balaban J connectivity index is 0.00000141. The first-order valence-electron chi connectivity index (χ1n) is 12.6. The van der Waals surface area contributed by atoms with Crippen molar-refractivity contribution in [2.45, 2.75) is 39.2 Å². The van der Waals surface area contributed by atoms with Gasteiger partial charge in [-0.3, -0.25) is 4.79 Å². The molecule has 0 unspecified atom stereocenters. The third-order valence-electron chi connectivity index (χ3n) is 6.12. The number of ether oxygens (including phenoxy) is 1. The summed E-state index contributed by atoms with van der Waals surface area (Å²) < 4.78 is 5.89. The van der Waals surface area contributed by atoms with Crippen LogP contribution in [0.1, 0.15) is 43.5 Å². The maximum absolute atomic E-state index is 12.5. The number of aliphatic hydroxyl groups excluding tert-OH is 1. The van der Waals surface area contributed by atoms with Gasteiger partial charge < -0.3 is 25.0 Å². The standard InChI is InChI=1S/C25H29N5O3.C2H6/c31-19-16-30(17-19)24(32)18-7-6-8-20(15-18)33-14-11-26-23-21-9-2-3-10-22(21)27-25(28-23)29-12-4-1-5-13-29;1-2/h2-3,6-10,15,19,31H,1,4-5,11-14,16-17H2,(H,26,27,28);1-2H3.